The summed E-state index contributed by atoms with van der Waals surface area (Å²) in [5.41, 5.74) is 1.75. The Labute approximate surface area is 131 Å². The molecule has 0 N–H and O–H groups in total. The molecule has 0 spiro atoms. The zero-order valence-electron chi connectivity index (χ0n) is 12.2. The maximum Gasteiger partial charge on any atom is 0.272 e. The van der Waals surface area contributed by atoms with E-state index < -0.39 is 4.92 Å². The van der Waals surface area contributed by atoms with Crippen LogP contribution in [-0.4, -0.2) is 21.7 Å². The molecule has 3 aromatic rings. The largest absolute Gasteiger partial charge is 0.298 e. The minimum atomic E-state index is -0.487. The highest BCUT2D eigenvalue weighted by molar-refractivity contribution is 6.07. The van der Waals surface area contributed by atoms with Crippen LogP contribution in [0.25, 0.3) is 10.9 Å². The molecule has 0 aliphatic heterocycles. The molecule has 0 amide bonds. The van der Waals surface area contributed by atoms with Gasteiger partial charge in [-0.05, 0) is 25.1 Å². The smallest absolute Gasteiger partial charge is 0.272 e. The number of aldehydes is 1. The number of benzene rings is 2. The van der Waals surface area contributed by atoms with E-state index in [1.165, 1.54) is 29.0 Å². The number of aryl methyl sites for hydroxylation is 1. The zero-order chi connectivity index (χ0) is 16.6. The molecular formula is C17H12N2O4. The first kappa shape index (κ1) is 14.6. The van der Waals surface area contributed by atoms with Crippen LogP contribution in [0.4, 0.5) is 5.69 Å². The summed E-state index contributed by atoms with van der Waals surface area (Å²) in [6.07, 6.45) is 2.18. The van der Waals surface area contributed by atoms with Crippen LogP contribution < -0.4 is 0 Å². The molecule has 0 atom stereocenters. The lowest BCUT2D eigenvalue weighted by Crippen LogP contribution is -2.11. The number of nitro groups is 1. The number of carbonyl (C=O) groups is 2. The topological polar surface area (TPSA) is 82.2 Å². The summed E-state index contributed by atoms with van der Waals surface area (Å²) >= 11 is 0. The Hall–Kier alpha value is -3.28. The molecule has 6 nitrogen and oxygen atoms in total. The summed E-state index contributed by atoms with van der Waals surface area (Å²) in [7, 11) is 0. The van der Waals surface area contributed by atoms with Gasteiger partial charge in [-0.15, -0.1) is 0 Å². The summed E-state index contributed by atoms with van der Waals surface area (Å²) in [5.74, 6) is -0.340. The van der Waals surface area contributed by atoms with Crippen molar-refractivity contribution < 1.29 is 14.5 Å². The van der Waals surface area contributed by atoms with Gasteiger partial charge in [0.1, 0.15) is 0 Å². The van der Waals surface area contributed by atoms with Gasteiger partial charge >= 0.3 is 0 Å². The minimum absolute atomic E-state index is 0.0347. The van der Waals surface area contributed by atoms with Crippen LogP contribution in [0.3, 0.4) is 0 Å². The third-order valence-electron chi connectivity index (χ3n) is 3.73. The van der Waals surface area contributed by atoms with Gasteiger partial charge in [0, 0.05) is 34.3 Å². The second-order valence-corrected chi connectivity index (χ2v) is 5.15. The zero-order valence-corrected chi connectivity index (χ0v) is 12.2. The third-order valence-corrected chi connectivity index (χ3v) is 3.73. The quantitative estimate of drug-likeness (QED) is 0.422. The molecule has 6 heteroatoms. The number of para-hydroxylation sites is 1. The highest BCUT2D eigenvalue weighted by Gasteiger charge is 2.17. The predicted molar refractivity (Wildman–Crippen MR) is 84.9 cm³/mol. The molecule has 114 valence electrons. The molecule has 0 saturated heterocycles. The first-order valence-electron chi connectivity index (χ1n) is 6.88. The number of nitro benzene ring substituents is 1. The maximum atomic E-state index is 12.7. The van der Waals surface area contributed by atoms with Gasteiger partial charge in [-0.1, -0.05) is 18.2 Å². The van der Waals surface area contributed by atoms with Crippen molar-refractivity contribution in [3.8, 4) is 0 Å². The number of aromatic nitrogens is 1. The molecule has 0 aliphatic rings. The van der Waals surface area contributed by atoms with Crippen molar-refractivity contribution in [1.82, 2.24) is 4.57 Å². The van der Waals surface area contributed by atoms with Crippen molar-refractivity contribution in [3.05, 3.63) is 75.5 Å². The predicted octanol–water partition coefficient (Wildman–Crippen LogP) is 3.36. The maximum absolute atomic E-state index is 12.7. The highest BCUT2D eigenvalue weighted by atomic mass is 16.6. The Morgan fingerprint density at radius 3 is 2.61 bits per heavy atom. The Balaban J connectivity index is 2.13. The van der Waals surface area contributed by atoms with E-state index in [0.29, 0.717) is 33.9 Å². The van der Waals surface area contributed by atoms with E-state index >= 15 is 0 Å². The van der Waals surface area contributed by atoms with Crippen molar-refractivity contribution in [2.75, 3.05) is 0 Å². The Bertz CT molecular complexity index is 956. The fraction of sp³-hybridized carbons (Fsp3) is 0.0588. The Morgan fingerprint density at radius 1 is 1.22 bits per heavy atom. The van der Waals surface area contributed by atoms with E-state index in [0.717, 1.165) is 0 Å². The second kappa shape index (κ2) is 5.49. The fourth-order valence-electron chi connectivity index (χ4n) is 2.60. The van der Waals surface area contributed by atoms with E-state index in [9.17, 15) is 19.7 Å². The number of rotatable bonds is 3. The van der Waals surface area contributed by atoms with Crippen LogP contribution in [0.5, 0.6) is 0 Å². The van der Waals surface area contributed by atoms with Gasteiger partial charge in [0.05, 0.1) is 10.4 Å². The van der Waals surface area contributed by atoms with Crippen molar-refractivity contribution >= 4 is 28.8 Å². The molecule has 0 unspecified atom stereocenters. The average Bonchev–Trinajstić information content (AvgIpc) is 2.92. The summed E-state index contributed by atoms with van der Waals surface area (Å²) in [6, 6.07) is 11.3. The van der Waals surface area contributed by atoms with Gasteiger partial charge < -0.3 is 0 Å². The van der Waals surface area contributed by atoms with Crippen LogP contribution in [0, 0.1) is 17.0 Å². The Morgan fingerprint density at radius 2 is 1.96 bits per heavy atom. The first-order chi connectivity index (χ1) is 11.0. The van der Waals surface area contributed by atoms with E-state index in [1.807, 2.05) is 0 Å². The van der Waals surface area contributed by atoms with Crippen molar-refractivity contribution in [3.63, 3.8) is 0 Å². The van der Waals surface area contributed by atoms with Gasteiger partial charge in [0.25, 0.3) is 11.6 Å². The monoisotopic (exact) mass is 308 g/mol. The van der Waals surface area contributed by atoms with Gasteiger partial charge in [-0.2, -0.15) is 0 Å². The van der Waals surface area contributed by atoms with E-state index in [1.54, 1.807) is 31.2 Å². The number of hydrogen-bond donors (Lipinski definition) is 0. The molecule has 0 fully saturated rings. The molecule has 2 aromatic carbocycles. The van der Waals surface area contributed by atoms with Crippen molar-refractivity contribution in [1.29, 1.82) is 0 Å². The van der Waals surface area contributed by atoms with Crippen LogP contribution in [-0.2, 0) is 0 Å². The fourth-order valence-corrected chi connectivity index (χ4v) is 2.60. The van der Waals surface area contributed by atoms with E-state index in [2.05, 4.69) is 0 Å². The normalized spacial score (nSPS) is 10.7. The van der Waals surface area contributed by atoms with Crippen LogP contribution in [0.15, 0.2) is 48.7 Å². The Kier molecular flexibility index (Phi) is 3.50. The molecule has 0 aliphatic carbocycles. The summed E-state index contributed by atoms with van der Waals surface area (Å²) < 4.78 is 1.39. The van der Waals surface area contributed by atoms with E-state index in [-0.39, 0.29) is 11.6 Å². The highest BCUT2D eigenvalue weighted by Crippen LogP contribution is 2.23. The molecule has 3 rings (SSSR count). The standard InChI is InChI=1S/C17H12N2O4/c1-11-8-12(6-7-15(11)19(22)23)17(21)18-9-13(10-20)14-4-2-3-5-16(14)18/h2-10H,1H3. The number of nitrogens with zero attached hydrogens (tertiary/aromatic N) is 2. The van der Waals surface area contributed by atoms with Crippen LogP contribution in [0.1, 0.15) is 26.3 Å². The second-order valence-electron chi connectivity index (χ2n) is 5.15. The molecule has 1 heterocycles. The summed E-state index contributed by atoms with van der Waals surface area (Å²) in [6.45, 7) is 1.58. The third kappa shape index (κ3) is 2.40. The molecule has 0 radical (unpaired) electrons. The number of carbonyl (C=O) groups excluding carboxylic acids is 2. The lowest BCUT2D eigenvalue weighted by Gasteiger charge is -2.05. The SMILES string of the molecule is Cc1cc(C(=O)n2cc(C=O)c3ccccc32)ccc1[N+](=O)[O-]. The van der Waals surface area contributed by atoms with Gasteiger partial charge in [0.15, 0.2) is 6.29 Å². The van der Waals surface area contributed by atoms with Crippen molar-refractivity contribution in [2.45, 2.75) is 6.92 Å². The lowest BCUT2D eigenvalue weighted by atomic mass is 10.1. The summed E-state index contributed by atoms with van der Waals surface area (Å²) in [4.78, 5) is 34.2. The van der Waals surface area contributed by atoms with Gasteiger partial charge in [0.2, 0.25) is 0 Å². The molecule has 1 aromatic heterocycles. The average molecular weight is 308 g/mol. The van der Waals surface area contributed by atoms with E-state index in [4.69, 9.17) is 0 Å². The van der Waals surface area contributed by atoms with Gasteiger partial charge in [-0.3, -0.25) is 24.3 Å². The number of fused-ring (bicyclic) bond motifs is 1. The molecule has 0 bridgehead atoms. The molecular weight excluding hydrogens is 296 g/mol. The van der Waals surface area contributed by atoms with Gasteiger partial charge in [-0.25, -0.2) is 0 Å². The summed E-state index contributed by atoms with van der Waals surface area (Å²) in [5, 5.41) is 11.6. The van der Waals surface area contributed by atoms with Crippen molar-refractivity contribution in [2.24, 2.45) is 0 Å². The van der Waals surface area contributed by atoms with Crippen LogP contribution in [0.2, 0.25) is 0 Å². The molecule has 0 saturated carbocycles. The minimum Gasteiger partial charge on any atom is -0.298 e. The lowest BCUT2D eigenvalue weighted by molar-refractivity contribution is -0.385. The number of hydrogen-bond acceptors (Lipinski definition) is 4. The first-order valence-corrected chi connectivity index (χ1v) is 6.88. The van der Waals surface area contributed by atoms with Crippen LogP contribution >= 0.6 is 0 Å². The molecule has 23 heavy (non-hydrogen) atoms.